The molecule has 3 aromatic carbocycles. The average Bonchev–Trinajstić information content (AvgIpc) is 2.79. The van der Waals surface area contributed by atoms with E-state index in [1.54, 1.807) is 0 Å². The lowest BCUT2D eigenvalue weighted by Gasteiger charge is -2.27. The fourth-order valence-corrected chi connectivity index (χ4v) is 4.67. The molecule has 4 rings (SSSR count). The van der Waals surface area contributed by atoms with Gasteiger partial charge in [-0.15, -0.1) is 0 Å². The first-order valence-corrected chi connectivity index (χ1v) is 11.7. The van der Waals surface area contributed by atoms with Crippen molar-refractivity contribution in [3.05, 3.63) is 89.5 Å². The van der Waals surface area contributed by atoms with E-state index in [0.717, 1.165) is 48.6 Å². The highest BCUT2D eigenvalue weighted by atomic mass is 16.2. The first kappa shape index (κ1) is 22.9. The first-order chi connectivity index (χ1) is 16.0. The summed E-state index contributed by atoms with van der Waals surface area (Å²) in [5.41, 5.74) is 6.70. The van der Waals surface area contributed by atoms with Crippen LogP contribution in [0.2, 0.25) is 0 Å². The second kappa shape index (κ2) is 10.5. The zero-order valence-electron chi connectivity index (χ0n) is 19.8. The van der Waals surface area contributed by atoms with E-state index in [1.807, 2.05) is 42.5 Å². The van der Waals surface area contributed by atoms with Crippen LogP contribution in [0.5, 0.6) is 0 Å². The third kappa shape index (κ3) is 6.36. The van der Waals surface area contributed by atoms with E-state index in [2.05, 4.69) is 71.9 Å². The van der Waals surface area contributed by atoms with Crippen LogP contribution < -0.4 is 15.5 Å². The van der Waals surface area contributed by atoms with Crippen molar-refractivity contribution in [3.63, 3.8) is 0 Å². The molecule has 0 aromatic heterocycles. The smallest absolute Gasteiger partial charge is 0.323 e. The Morgan fingerprint density at radius 1 is 0.879 bits per heavy atom. The summed E-state index contributed by atoms with van der Waals surface area (Å²) in [4.78, 5) is 17.1. The number of urea groups is 1. The largest absolute Gasteiger partial charge is 0.370 e. The maximum Gasteiger partial charge on any atom is 0.323 e. The number of hydrogen-bond donors (Lipinski definition) is 2. The average molecular weight is 443 g/mol. The number of carbonyl (C=O) groups excluding carboxylic acids is 1. The fraction of sp³-hybridized carbons (Fsp3) is 0.321. The van der Waals surface area contributed by atoms with Crippen LogP contribution in [-0.4, -0.2) is 38.6 Å². The molecule has 5 heteroatoms. The standard InChI is InChI=1S/C28H34N4O/c1-31(2)19-22-12-13-24-18-26(15-14-23(24)16-22)30-28(33)29-25-9-7-8-21(17-25)20-32(3)27-10-5-4-6-11-27/h4-11,14-15,17-18,22H,12-13,16,19-20H2,1-3H3,(H2,29,30,33). The predicted octanol–water partition coefficient (Wildman–Crippen LogP) is 5.63. The first-order valence-electron chi connectivity index (χ1n) is 11.7. The Balaban J connectivity index is 1.34. The van der Waals surface area contributed by atoms with Gasteiger partial charge in [0.2, 0.25) is 0 Å². The minimum atomic E-state index is -0.218. The minimum Gasteiger partial charge on any atom is -0.370 e. The van der Waals surface area contributed by atoms with Gasteiger partial charge in [0.15, 0.2) is 0 Å². The predicted molar refractivity (Wildman–Crippen MR) is 138 cm³/mol. The van der Waals surface area contributed by atoms with Crippen LogP contribution in [-0.2, 0) is 19.4 Å². The number of carbonyl (C=O) groups is 1. The van der Waals surface area contributed by atoms with Gasteiger partial charge in [-0.25, -0.2) is 4.79 Å². The van der Waals surface area contributed by atoms with E-state index >= 15 is 0 Å². The number of fused-ring (bicyclic) bond motifs is 1. The lowest BCUT2D eigenvalue weighted by molar-refractivity contribution is 0.262. The number of hydrogen-bond acceptors (Lipinski definition) is 3. The quantitative estimate of drug-likeness (QED) is 0.498. The molecule has 0 fully saturated rings. The van der Waals surface area contributed by atoms with Crippen molar-refractivity contribution in [2.75, 3.05) is 43.2 Å². The molecule has 1 aliphatic rings. The molecule has 1 unspecified atom stereocenters. The molecule has 0 bridgehead atoms. The molecule has 0 spiro atoms. The van der Waals surface area contributed by atoms with E-state index in [4.69, 9.17) is 0 Å². The summed E-state index contributed by atoms with van der Waals surface area (Å²) in [5.74, 6) is 0.711. The molecule has 1 atom stereocenters. The van der Waals surface area contributed by atoms with Crippen molar-refractivity contribution < 1.29 is 4.79 Å². The molecule has 1 aliphatic carbocycles. The second-order valence-corrected chi connectivity index (χ2v) is 9.33. The molecule has 5 nitrogen and oxygen atoms in total. The maximum atomic E-state index is 12.6. The highest BCUT2D eigenvalue weighted by Crippen LogP contribution is 2.28. The number of anilines is 3. The number of para-hydroxylation sites is 1. The molecular formula is C28H34N4O. The van der Waals surface area contributed by atoms with Gasteiger partial charge in [0.25, 0.3) is 0 Å². The molecule has 3 aromatic rings. The Hall–Kier alpha value is -3.31. The Bertz CT molecular complexity index is 1080. The van der Waals surface area contributed by atoms with Gasteiger partial charge in [-0.2, -0.15) is 0 Å². The van der Waals surface area contributed by atoms with Crippen molar-refractivity contribution in [2.45, 2.75) is 25.8 Å². The van der Waals surface area contributed by atoms with Crippen LogP contribution in [0.4, 0.5) is 21.9 Å². The molecule has 172 valence electrons. The fourth-order valence-electron chi connectivity index (χ4n) is 4.67. The van der Waals surface area contributed by atoms with Crippen LogP contribution >= 0.6 is 0 Å². The normalized spacial score (nSPS) is 15.1. The van der Waals surface area contributed by atoms with E-state index in [0.29, 0.717) is 5.92 Å². The van der Waals surface area contributed by atoms with E-state index in [-0.39, 0.29) is 6.03 Å². The van der Waals surface area contributed by atoms with Gasteiger partial charge in [-0.1, -0.05) is 36.4 Å². The molecule has 33 heavy (non-hydrogen) atoms. The van der Waals surface area contributed by atoms with Crippen LogP contribution in [0, 0.1) is 5.92 Å². The van der Waals surface area contributed by atoms with Crippen LogP contribution in [0.25, 0.3) is 0 Å². The van der Waals surface area contributed by atoms with Crippen molar-refractivity contribution in [1.29, 1.82) is 0 Å². The summed E-state index contributed by atoms with van der Waals surface area (Å²) in [6.07, 6.45) is 3.39. The second-order valence-electron chi connectivity index (χ2n) is 9.33. The van der Waals surface area contributed by atoms with Gasteiger partial charge in [-0.3, -0.25) is 0 Å². The van der Waals surface area contributed by atoms with Gasteiger partial charge in [0, 0.05) is 37.2 Å². The summed E-state index contributed by atoms with van der Waals surface area (Å²) in [6.45, 7) is 1.89. The van der Waals surface area contributed by atoms with E-state index in [1.165, 1.54) is 17.5 Å². The molecular weight excluding hydrogens is 408 g/mol. The highest BCUT2D eigenvalue weighted by Gasteiger charge is 2.19. The van der Waals surface area contributed by atoms with Crippen molar-refractivity contribution in [3.8, 4) is 0 Å². The zero-order chi connectivity index (χ0) is 23.2. The molecule has 0 radical (unpaired) electrons. The SMILES string of the molecule is CN(C)CC1CCc2cc(NC(=O)Nc3cccc(CN(C)c4ccccc4)c3)ccc2C1. The van der Waals surface area contributed by atoms with Crippen LogP contribution in [0.15, 0.2) is 72.8 Å². The van der Waals surface area contributed by atoms with Gasteiger partial charge in [0.05, 0.1) is 0 Å². The van der Waals surface area contributed by atoms with Gasteiger partial charge in [-0.05, 0) is 92.4 Å². The molecule has 2 amide bonds. The third-order valence-corrected chi connectivity index (χ3v) is 6.22. The number of nitrogens with zero attached hydrogens (tertiary/aromatic N) is 2. The number of aryl methyl sites for hydroxylation is 1. The van der Waals surface area contributed by atoms with Gasteiger partial charge in [0.1, 0.15) is 0 Å². The molecule has 0 aliphatic heterocycles. The molecule has 0 saturated carbocycles. The van der Waals surface area contributed by atoms with Crippen molar-refractivity contribution in [2.24, 2.45) is 5.92 Å². The van der Waals surface area contributed by atoms with E-state index in [9.17, 15) is 4.79 Å². The lowest BCUT2D eigenvalue weighted by atomic mass is 9.83. The maximum absolute atomic E-state index is 12.6. The number of amides is 2. The Kier molecular flexibility index (Phi) is 7.30. The molecule has 0 heterocycles. The van der Waals surface area contributed by atoms with Crippen molar-refractivity contribution >= 4 is 23.1 Å². The summed E-state index contributed by atoms with van der Waals surface area (Å²) in [6, 6.07) is 24.4. The minimum absolute atomic E-state index is 0.218. The van der Waals surface area contributed by atoms with Gasteiger partial charge < -0.3 is 20.4 Å². The lowest BCUT2D eigenvalue weighted by Crippen LogP contribution is -2.26. The Morgan fingerprint density at radius 2 is 1.64 bits per heavy atom. The van der Waals surface area contributed by atoms with Crippen molar-refractivity contribution in [1.82, 2.24) is 4.90 Å². The monoisotopic (exact) mass is 442 g/mol. The van der Waals surface area contributed by atoms with Crippen LogP contribution in [0.1, 0.15) is 23.1 Å². The highest BCUT2D eigenvalue weighted by molar-refractivity contribution is 5.99. The van der Waals surface area contributed by atoms with E-state index < -0.39 is 0 Å². The number of nitrogens with one attached hydrogen (secondary N) is 2. The number of benzene rings is 3. The van der Waals surface area contributed by atoms with Gasteiger partial charge >= 0.3 is 6.03 Å². The zero-order valence-corrected chi connectivity index (χ0v) is 19.8. The summed E-state index contributed by atoms with van der Waals surface area (Å²) < 4.78 is 0. The topological polar surface area (TPSA) is 47.6 Å². The van der Waals surface area contributed by atoms with Crippen LogP contribution in [0.3, 0.4) is 0 Å². The number of rotatable bonds is 7. The Morgan fingerprint density at radius 3 is 2.39 bits per heavy atom. The Labute approximate surface area is 197 Å². The summed E-state index contributed by atoms with van der Waals surface area (Å²) in [7, 11) is 6.34. The molecule has 2 N–H and O–H groups in total. The molecule has 0 saturated heterocycles. The summed E-state index contributed by atoms with van der Waals surface area (Å²) in [5, 5.41) is 5.98. The third-order valence-electron chi connectivity index (χ3n) is 6.22. The summed E-state index contributed by atoms with van der Waals surface area (Å²) >= 11 is 0.